The Bertz CT molecular complexity index is 766. The van der Waals surface area contributed by atoms with Crippen LogP contribution in [0.2, 0.25) is 0 Å². The predicted octanol–water partition coefficient (Wildman–Crippen LogP) is 3.12. The molecular weight excluding hydrogens is 364 g/mol. The molecule has 3 rings (SSSR count). The molecule has 0 saturated carbocycles. The quantitative estimate of drug-likeness (QED) is 0.514. The topological polar surface area (TPSA) is 69.4 Å². The van der Waals surface area contributed by atoms with Crippen LogP contribution >= 0.6 is 27.7 Å². The molecule has 2 heterocycles. The number of hydrogen-bond acceptors (Lipinski definition) is 6. The van der Waals surface area contributed by atoms with Gasteiger partial charge in [0, 0.05) is 15.9 Å². The van der Waals surface area contributed by atoms with Crippen LogP contribution in [0.15, 0.2) is 40.0 Å². The second-order valence-electron chi connectivity index (χ2n) is 4.71. The summed E-state index contributed by atoms with van der Waals surface area (Å²) in [4.78, 5) is 8.83. The normalized spacial score (nSPS) is 10.9. The average molecular weight is 377 g/mol. The van der Waals surface area contributed by atoms with E-state index in [1.54, 1.807) is 4.68 Å². The lowest BCUT2D eigenvalue weighted by Gasteiger charge is -2.05. The SMILES string of the molecule is Cc1cc(C)nc(SCc2nnnn2-c2ccc(Br)cc2)n1. The smallest absolute Gasteiger partial charge is 0.188 e. The Balaban J connectivity index is 1.79. The van der Waals surface area contributed by atoms with Gasteiger partial charge in [-0.2, -0.15) is 4.68 Å². The minimum atomic E-state index is 0.603. The molecule has 112 valence electrons. The molecule has 2 aromatic heterocycles. The number of halogens is 1. The van der Waals surface area contributed by atoms with Gasteiger partial charge < -0.3 is 0 Å². The van der Waals surface area contributed by atoms with Crippen LogP contribution in [0.4, 0.5) is 0 Å². The van der Waals surface area contributed by atoms with Crippen LogP contribution in [-0.2, 0) is 5.75 Å². The molecule has 0 aliphatic heterocycles. The minimum Gasteiger partial charge on any atom is -0.228 e. The van der Waals surface area contributed by atoms with Gasteiger partial charge in [0.05, 0.1) is 11.4 Å². The van der Waals surface area contributed by atoms with Crippen molar-refractivity contribution in [3.05, 3.63) is 52.0 Å². The van der Waals surface area contributed by atoms with Gasteiger partial charge in [-0.15, -0.1) is 5.10 Å². The van der Waals surface area contributed by atoms with Gasteiger partial charge in [0.15, 0.2) is 11.0 Å². The van der Waals surface area contributed by atoms with E-state index in [-0.39, 0.29) is 0 Å². The van der Waals surface area contributed by atoms with Crippen molar-refractivity contribution in [2.45, 2.75) is 24.8 Å². The fraction of sp³-hybridized carbons (Fsp3) is 0.214. The zero-order valence-corrected chi connectivity index (χ0v) is 14.5. The Morgan fingerprint density at radius 3 is 2.45 bits per heavy atom. The molecule has 6 nitrogen and oxygen atoms in total. The lowest BCUT2D eigenvalue weighted by molar-refractivity contribution is 0.777. The van der Waals surface area contributed by atoms with E-state index in [9.17, 15) is 0 Å². The third kappa shape index (κ3) is 3.50. The van der Waals surface area contributed by atoms with E-state index in [1.165, 1.54) is 11.8 Å². The van der Waals surface area contributed by atoms with Crippen LogP contribution in [0.25, 0.3) is 5.69 Å². The highest BCUT2D eigenvalue weighted by Gasteiger charge is 2.10. The van der Waals surface area contributed by atoms with Crippen molar-refractivity contribution in [3.63, 3.8) is 0 Å². The van der Waals surface area contributed by atoms with Gasteiger partial charge >= 0.3 is 0 Å². The standard InChI is InChI=1S/C14H13BrN6S/c1-9-7-10(2)17-14(16-9)22-8-13-18-19-20-21(13)12-5-3-11(15)4-6-12/h3-7H,8H2,1-2H3. The van der Waals surface area contributed by atoms with Crippen LogP contribution < -0.4 is 0 Å². The van der Waals surface area contributed by atoms with E-state index < -0.39 is 0 Å². The second-order valence-corrected chi connectivity index (χ2v) is 6.56. The van der Waals surface area contributed by atoms with Crippen LogP contribution in [0.5, 0.6) is 0 Å². The number of tetrazole rings is 1. The highest BCUT2D eigenvalue weighted by Crippen LogP contribution is 2.20. The number of aromatic nitrogens is 6. The fourth-order valence-electron chi connectivity index (χ4n) is 1.97. The Morgan fingerprint density at radius 2 is 1.77 bits per heavy atom. The van der Waals surface area contributed by atoms with Gasteiger partial charge in [-0.05, 0) is 54.6 Å². The zero-order valence-electron chi connectivity index (χ0n) is 12.1. The lowest BCUT2D eigenvalue weighted by Crippen LogP contribution is -2.02. The summed E-state index contributed by atoms with van der Waals surface area (Å²) in [6.07, 6.45) is 0. The molecule has 0 fully saturated rings. The Kier molecular flexibility index (Phi) is 4.49. The van der Waals surface area contributed by atoms with Crippen LogP contribution in [0.3, 0.4) is 0 Å². The summed E-state index contributed by atoms with van der Waals surface area (Å²) in [6.45, 7) is 3.93. The van der Waals surface area contributed by atoms with Crippen molar-refractivity contribution >= 4 is 27.7 Å². The molecule has 0 spiro atoms. The van der Waals surface area contributed by atoms with E-state index in [1.807, 2.05) is 44.2 Å². The van der Waals surface area contributed by atoms with Gasteiger partial charge in [0.2, 0.25) is 0 Å². The van der Waals surface area contributed by atoms with E-state index in [0.29, 0.717) is 5.75 Å². The van der Waals surface area contributed by atoms with Crippen molar-refractivity contribution in [1.29, 1.82) is 0 Å². The number of benzene rings is 1. The molecule has 0 aliphatic rings. The molecule has 22 heavy (non-hydrogen) atoms. The van der Waals surface area contributed by atoms with Crippen LogP contribution in [0, 0.1) is 13.8 Å². The first kappa shape index (κ1) is 15.1. The monoisotopic (exact) mass is 376 g/mol. The molecular formula is C14H13BrN6S. The van der Waals surface area contributed by atoms with Gasteiger partial charge in [-0.3, -0.25) is 0 Å². The van der Waals surface area contributed by atoms with Crippen molar-refractivity contribution in [2.75, 3.05) is 0 Å². The van der Waals surface area contributed by atoms with Crippen LogP contribution in [0.1, 0.15) is 17.2 Å². The molecule has 0 N–H and O–H groups in total. The molecule has 0 bridgehead atoms. The third-order valence-electron chi connectivity index (χ3n) is 2.90. The molecule has 0 amide bonds. The van der Waals surface area contributed by atoms with Gasteiger partial charge in [0.25, 0.3) is 0 Å². The number of rotatable bonds is 4. The average Bonchev–Trinajstić information content (AvgIpc) is 2.93. The molecule has 1 aromatic carbocycles. The molecule has 0 atom stereocenters. The molecule has 0 aliphatic carbocycles. The summed E-state index contributed by atoms with van der Waals surface area (Å²) in [5.41, 5.74) is 2.84. The van der Waals surface area contributed by atoms with Gasteiger partial charge in [-0.25, -0.2) is 9.97 Å². The fourth-order valence-corrected chi connectivity index (χ4v) is 3.09. The minimum absolute atomic E-state index is 0.603. The first-order valence-corrected chi connectivity index (χ1v) is 8.38. The second kappa shape index (κ2) is 6.53. The first-order chi connectivity index (χ1) is 10.6. The van der Waals surface area contributed by atoms with Crippen molar-refractivity contribution in [1.82, 2.24) is 30.2 Å². The summed E-state index contributed by atoms with van der Waals surface area (Å²) >= 11 is 4.94. The molecule has 0 radical (unpaired) electrons. The summed E-state index contributed by atoms with van der Waals surface area (Å²) in [6, 6.07) is 9.79. The highest BCUT2D eigenvalue weighted by molar-refractivity contribution is 9.10. The van der Waals surface area contributed by atoms with Gasteiger partial charge in [0.1, 0.15) is 0 Å². The molecule has 0 unspecified atom stereocenters. The van der Waals surface area contributed by atoms with E-state index in [4.69, 9.17) is 0 Å². The number of nitrogens with zero attached hydrogens (tertiary/aromatic N) is 6. The summed E-state index contributed by atoms with van der Waals surface area (Å²) in [5, 5.41) is 12.6. The predicted molar refractivity (Wildman–Crippen MR) is 87.9 cm³/mol. The van der Waals surface area contributed by atoms with Crippen molar-refractivity contribution in [3.8, 4) is 5.69 Å². The largest absolute Gasteiger partial charge is 0.228 e. The molecule has 3 aromatic rings. The Hall–Kier alpha value is -1.80. The summed E-state index contributed by atoms with van der Waals surface area (Å²) < 4.78 is 2.74. The third-order valence-corrected chi connectivity index (χ3v) is 4.27. The summed E-state index contributed by atoms with van der Waals surface area (Å²) in [7, 11) is 0. The molecule has 0 saturated heterocycles. The van der Waals surface area contributed by atoms with E-state index in [2.05, 4.69) is 41.4 Å². The Labute approximate surface area is 140 Å². The van der Waals surface area contributed by atoms with Crippen molar-refractivity contribution in [2.24, 2.45) is 0 Å². The van der Waals surface area contributed by atoms with E-state index in [0.717, 1.165) is 32.5 Å². The maximum atomic E-state index is 4.42. The first-order valence-electron chi connectivity index (χ1n) is 6.60. The number of aryl methyl sites for hydroxylation is 2. The number of thioether (sulfide) groups is 1. The lowest BCUT2D eigenvalue weighted by atomic mass is 10.3. The number of hydrogen-bond donors (Lipinski definition) is 0. The maximum Gasteiger partial charge on any atom is 0.188 e. The molecule has 8 heteroatoms. The van der Waals surface area contributed by atoms with Crippen LogP contribution in [-0.4, -0.2) is 30.2 Å². The Morgan fingerprint density at radius 1 is 1.09 bits per heavy atom. The van der Waals surface area contributed by atoms with E-state index >= 15 is 0 Å². The highest BCUT2D eigenvalue weighted by atomic mass is 79.9. The van der Waals surface area contributed by atoms with Crippen molar-refractivity contribution < 1.29 is 0 Å². The zero-order chi connectivity index (χ0) is 15.5. The summed E-state index contributed by atoms with van der Waals surface area (Å²) in [5.74, 6) is 1.36. The van der Waals surface area contributed by atoms with Gasteiger partial charge in [-0.1, -0.05) is 27.7 Å². The maximum absolute atomic E-state index is 4.42.